The highest BCUT2D eigenvalue weighted by molar-refractivity contribution is 7.14. The van der Waals surface area contributed by atoms with Crippen LogP contribution in [0, 0.1) is 11.3 Å². The van der Waals surface area contributed by atoms with Crippen molar-refractivity contribution < 1.29 is 19.1 Å². The van der Waals surface area contributed by atoms with Gasteiger partial charge in [-0.1, -0.05) is 32.9 Å². The Balaban J connectivity index is 1.82. The maximum absolute atomic E-state index is 12.1. The molecule has 1 aromatic heterocycles. The van der Waals surface area contributed by atoms with Crippen molar-refractivity contribution in [2.45, 2.75) is 39.2 Å². The van der Waals surface area contributed by atoms with Gasteiger partial charge in [-0.2, -0.15) is 5.26 Å². The van der Waals surface area contributed by atoms with Crippen LogP contribution in [-0.4, -0.2) is 24.6 Å². The Morgan fingerprint density at radius 3 is 2.48 bits per heavy atom. The summed E-state index contributed by atoms with van der Waals surface area (Å²) in [5, 5.41) is 13.7. The average molecular weight is 386 g/mol. The number of nitrogens with one attached hydrogen (secondary N) is 1. The molecule has 1 atom stereocenters. The summed E-state index contributed by atoms with van der Waals surface area (Å²) in [4.78, 5) is 24.0. The van der Waals surface area contributed by atoms with Crippen LogP contribution >= 0.6 is 11.3 Å². The molecule has 142 valence electrons. The minimum absolute atomic E-state index is 0.0359. The fourth-order valence-corrected chi connectivity index (χ4v) is 2.93. The molecule has 6 nitrogen and oxygen atoms in total. The second-order valence-electron chi connectivity index (χ2n) is 6.96. The van der Waals surface area contributed by atoms with Crippen LogP contribution in [0.1, 0.15) is 38.8 Å². The molecule has 0 spiro atoms. The predicted molar refractivity (Wildman–Crippen MR) is 104 cm³/mol. The number of ether oxygens (including phenoxy) is 2. The van der Waals surface area contributed by atoms with E-state index in [1.54, 1.807) is 23.6 Å². The summed E-state index contributed by atoms with van der Waals surface area (Å²) >= 11 is 1.23. The Bertz CT molecular complexity index is 844. The SMILES string of the molecule is CC(OC(=O)COc1ccc(C(C)(C)C)cc1)C(=O)Nc1sccc1C#N. The van der Waals surface area contributed by atoms with Crippen LogP contribution in [0.25, 0.3) is 0 Å². The number of anilines is 1. The molecule has 0 aliphatic rings. The van der Waals surface area contributed by atoms with E-state index in [9.17, 15) is 9.59 Å². The quantitative estimate of drug-likeness (QED) is 0.762. The maximum Gasteiger partial charge on any atom is 0.344 e. The zero-order valence-corrected chi connectivity index (χ0v) is 16.6. The van der Waals surface area contributed by atoms with E-state index in [4.69, 9.17) is 14.7 Å². The Hall–Kier alpha value is -2.85. The van der Waals surface area contributed by atoms with Crippen molar-refractivity contribution in [3.63, 3.8) is 0 Å². The Labute approximate surface area is 162 Å². The second kappa shape index (κ2) is 8.69. The van der Waals surface area contributed by atoms with Crippen molar-refractivity contribution in [3.05, 3.63) is 46.8 Å². The maximum atomic E-state index is 12.1. The number of amides is 1. The lowest BCUT2D eigenvalue weighted by Crippen LogP contribution is -2.31. The number of thiophene rings is 1. The van der Waals surface area contributed by atoms with E-state index in [0.717, 1.165) is 5.56 Å². The molecule has 27 heavy (non-hydrogen) atoms. The van der Waals surface area contributed by atoms with E-state index in [1.165, 1.54) is 18.3 Å². The van der Waals surface area contributed by atoms with E-state index in [-0.39, 0.29) is 12.0 Å². The van der Waals surface area contributed by atoms with Crippen molar-refractivity contribution in [1.82, 2.24) is 0 Å². The highest BCUT2D eigenvalue weighted by Gasteiger charge is 2.20. The zero-order valence-electron chi connectivity index (χ0n) is 15.7. The van der Waals surface area contributed by atoms with Gasteiger partial charge in [-0.15, -0.1) is 11.3 Å². The molecule has 0 radical (unpaired) electrons. The summed E-state index contributed by atoms with van der Waals surface area (Å²) in [5.74, 6) is -0.602. The smallest absolute Gasteiger partial charge is 0.344 e. The van der Waals surface area contributed by atoms with E-state index in [0.29, 0.717) is 16.3 Å². The van der Waals surface area contributed by atoms with Crippen molar-refractivity contribution in [1.29, 1.82) is 5.26 Å². The Morgan fingerprint density at radius 1 is 1.22 bits per heavy atom. The summed E-state index contributed by atoms with van der Waals surface area (Å²) in [5.41, 5.74) is 1.57. The molecule has 0 aliphatic carbocycles. The van der Waals surface area contributed by atoms with Crippen LogP contribution in [0.2, 0.25) is 0 Å². The first-order chi connectivity index (χ1) is 12.7. The van der Waals surface area contributed by atoms with Crippen molar-refractivity contribution >= 4 is 28.2 Å². The first-order valence-electron chi connectivity index (χ1n) is 8.42. The Morgan fingerprint density at radius 2 is 1.89 bits per heavy atom. The standard InChI is InChI=1S/C20H22N2O4S/c1-13(18(24)22-19-14(11-21)9-10-27-19)26-17(23)12-25-16-7-5-15(6-8-16)20(2,3)4/h5-10,13H,12H2,1-4H3,(H,22,24). The van der Waals surface area contributed by atoms with Gasteiger partial charge in [0.25, 0.3) is 5.91 Å². The zero-order chi connectivity index (χ0) is 20.0. The minimum atomic E-state index is -1.00. The molecule has 0 fully saturated rings. The van der Waals surface area contributed by atoms with Gasteiger partial charge < -0.3 is 14.8 Å². The molecule has 7 heteroatoms. The molecular weight excluding hydrogens is 364 g/mol. The normalized spacial score (nSPS) is 12.0. The van der Waals surface area contributed by atoms with Gasteiger partial charge in [0.2, 0.25) is 0 Å². The summed E-state index contributed by atoms with van der Waals surface area (Å²) in [7, 11) is 0. The molecule has 2 aromatic rings. The monoisotopic (exact) mass is 386 g/mol. The highest BCUT2D eigenvalue weighted by Crippen LogP contribution is 2.24. The third-order valence-corrected chi connectivity index (χ3v) is 4.61. The summed E-state index contributed by atoms with van der Waals surface area (Å²) in [6.45, 7) is 7.51. The molecule has 0 saturated carbocycles. The van der Waals surface area contributed by atoms with Crippen LogP contribution in [0.5, 0.6) is 5.75 Å². The third-order valence-electron chi connectivity index (χ3n) is 3.78. The number of nitriles is 1. The highest BCUT2D eigenvalue weighted by atomic mass is 32.1. The molecule has 0 bridgehead atoms. The molecule has 1 heterocycles. The fraction of sp³-hybridized carbons (Fsp3) is 0.350. The van der Waals surface area contributed by atoms with Crippen LogP contribution in [0.15, 0.2) is 35.7 Å². The van der Waals surface area contributed by atoms with Gasteiger partial charge >= 0.3 is 5.97 Å². The van der Waals surface area contributed by atoms with Crippen molar-refractivity contribution in [2.24, 2.45) is 0 Å². The number of esters is 1. The number of hydrogen-bond acceptors (Lipinski definition) is 6. The number of carbonyl (C=O) groups excluding carboxylic acids is 2. The lowest BCUT2D eigenvalue weighted by atomic mass is 9.87. The van der Waals surface area contributed by atoms with Gasteiger partial charge in [-0.05, 0) is 41.5 Å². The van der Waals surface area contributed by atoms with Gasteiger partial charge in [-0.25, -0.2) is 4.79 Å². The molecule has 1 amide bonds. The second-order valence-corrected chi connectivity index (χ2v) is 7.88. The molecule has 0 saturated heterocycles. The summed E-state index contributed by atoms with van der Waals surface area (Å²) < 4.78 is 10.5. The molecule has 1 aromatic carbocycles. The van der Waals surface area contributed by atoms with E-state index >= 15 is 0 Å². The topological polar surface area (TPSA) is 88.4 Å². The number of nitrogens with zero attached hydrogens (tertiary/aromatic N) is 1. The number of rotatable bonds is 6. The lowest BCUT2D eigenvalue weighted by molar-refractivity contribution is -0.155. The third kappa shape index (κ3) is 5.83. The van der Waals surface area contributed by atoms with Gasteiger partial charge in [0.1, 0.15) is 16.8 Å². The van der Waals surface area contributed by atoms with Crippen LogP contribution in [-0.2, 0) is 19.7 Å². The number of carbonyl (C=O) groups is 2. The predicted octanol–water partition coefficient (Wildman–Crippen LogP) is 3.87. The molecule has 1 N–H and O–H groups in total. The largest absolute Gasteiger partial charge is 0.482 e. The summed E-state index contributed by atoms with van der Waals surface area (Å²) in [6.07, 6.45) is -1.00. The fourth-order valence-electron chi connectivity index (χ4n) is 2.19. The van der Waals surface area contributed by atoms with E-state index in [2.05, 4.69) is 26.1 Å². The minimum Gasteiger partial charge on any atom is -0.482 e. The molecular formula is C20H22N2O4S. The molecule has 1 unspecified atom stereocenters. The molecule has 2 rings (SSSR count). The van der Waals surface area contributed by atoms with Crippen LogP contribution in [0.3, 0.4) is 0 Å². The van der Waals surface area contributed by atoms with E-state index < -0.39 is 18.0 Å². The van der Waals surface area contributed by atoms with Crippen LogP contribution in [0.4, 0.5) is 5.00 Å². The Kier molecular flexibility index (Phi) is 6.59. The summed E-state index contributed by atoms with van der Waals surface area (Å²) in [6, 6.07) is 11.1. The number of benzene rings is 1. The average Bonchev–Trinajstić information content (AvgIpc) is 3.06. The van der Waals surface area contributed by atoms with Gasteiger partial charge in [0.15, 0.2) is 12.7 Å². The number of hydrogen-bond donors (Lipinski definition) is 1. The van der Waals surface area contributed by atoms with Gasteiger partial charge in [0.05, 0.1) is 5.56 Å². The first-order valence-corrected chi connectivity index (χ1v) is 9.30. The van der Waals surface area contributed by atoms with Crippen LogP contribution < -0.4 is 10.1 Å². The molecule has 0 aliphatic heterocycles. The van der Waals surface area contributed by atoms with Crippen molar-refractivity contribution in [2.75, 3.05) is 11.9 Å². The van der Waals surface area contributed by atoms with E-state index in [1.807, 2.05) is 18.2 Å². The van der Waals surface area contributed by atoms with Gasteiger partial charge in [0, 0.05) is 0 Å². The van der Waals surface area contributed by atoms with Crippen molar-refractivity contribution in [3.8, 4) is 11.8 Å². The first kappa shape index (κ1) is 20.5. The van der Waals surface area contributed by atoms with Gasteiger partial charge in [-0.3, -0.25) is 4.79 Å². The lowest BCUT2D eigenvalue weighted by Gasteiger charge is -2.19.